The maximum atomic E-state index is 10.4. The summed E-state index contributed by atoms with van der Waals surface area (Å²) in [4.78, 5) is 10.4. The molecule has 88 valence electrons. The highest BCUT2D eigenvalue weighted by Crippen LogP contribution is 2.28. The Kier molecular flexibility index (Phi) is 4.64. The summed E-state index contributed by atoms with van der Waals surface area (Å²) < 4.78 is 10.4. The Morgan fingerprint density at radius 1 is 1.53 bits per heavy atom. The topological polar surface area (TPSA) is 55.8 Å². The number of benzene rings is 1. The highest BCUT2D eigenvalue weighted by atomic mass is 16.5. The second kappa shape index (κ2) is 6.23. The first-order valence-corrected chi connectivity index (χ1v) is 4.82. The van der Waals surface area contributed by atoms with Crippen LogP contribution < -0.4 is 9.47 Å². The minimum Gasteiger partial charge on any atom is -0.493 e. The van der Waals surface area contributed by atoms with Crippen molar-refractivity contribution in [2.24, 2.45) is 0 Å². The summed E-state index contributed by atoms with van der Waals surface area (Å²) in [5.74, 6) is 2.37. The van der Waals surface area contributed by atoms with Gasteiger partial charge in [0, 0.05) is 6.08 Å². The molecule has 1 rings (SSSR count). The lowest BCUT2D eigenvalue weighted by molar-refractivity contribution is -0.131. The second-order valence-electron chi connectivity index (χ2n) is 3.07. The Morgan fingerprint density at radius 3 is 2.88 bits per heavy atom. The molecular formula is C13H12O4. The lowest BCUT2D eigenvalue weighted by Gasteiger charge is -2.09. The van der Waals surface area contributed by atoms with Gasteiger partial charge in [0.2, 0.25) is 0 Å². The molecule has 0 atom stereocenters. The molecular weight excluding hydrogens is 220 g/mol. The van der Waals surface area contributed by atoms with Gasteiger partial charge in [0.05, 0.1) is 7.11 Å². The Hall–Kier alpha value is -2.41. The molecule has 0 saturated carbocycles. The average molecular weight is 232 g/mol. The molecule has 0 aromatic heterocycles. The lowest BCUT2D eigenvalue weighted by Crippen LogP contribution is -1.97. The summed E-state index contributed by atoms with van der Waals surface area (Å²) >= 11 is 0. The molecule has 0 aliphatic rings. The number of hydrogen-bond donors (Lipinski definition) is 1. The van der Waals surface area contributed by atoms with Crippen molar-refractivity contribution in [2.45, 2.75) is 0 Å². The Morgan fingerprint density at radius 2 is 2.29 bits per heavy atom. The Bertz CT molecular complexity index is 469. The number of rotatable bonds is 5. The molecule has 0 saturated heterocycles. The van der Waals surface area contributed by atoms with Crippen LogP contribution >= 0.6 is 0 Å². The zero-order valence-electron chi connectivity index (χ0n) is 9.34. The smallest absolute Gasteiger partial charge is 0.328 e. The lowest BCUT2D eigenvalue weighted by atomic mass is 10.2. The van der Waals surface area contributed by atoms with Crippen molar-refractivity contribution < 1.29 is 19.4 Å². The molecule has 0 unspecified atom stereocenters. The number of aliphatic carboxylic acids is 1. The zero-order valence-corrected chi connectivity index (χ0v) is 9.34. The van der Waals surface area contributed by atoms with Gasteiger partial charge in [0.25, 0.3) is 0 Å². The van der Waals surface area contributed by atoms with Crippen molar-refractivity contribution in [1.82, 2.24) is 0 Å². The van der Waals surface area contributed by atoms with Crippen LogP contribution in [0.15, 0.2) is 24.3 Å². The van der Waals surface area contributed by atoms with Gasteiger partial charge in [0.1, 0.15) is 6.61 Å². The summed E-state index contributed by atoms with van der Waals surface area (Å²) in [5.41, 5.74) is 0.695. The number of carboxylic acid groups (broad SMARTS) is 1. The van der Waals surface area contributed by atoms with Gasteiger partial charge in [0.15, 0.2) is 11.5 Å². The van der Waals surface area contributed by atoms with Crippen LogP contribution in [0, 0.1) is 12.3 Å². The minimum absolute atomic E-state index is 0.127. The van der Waals surface area contributed by atoms with Crippen LogP contribution in [0.2, 0.25) is 0 Å². The van der Waals surface area contributed by atoms with Crippen molar-refractivity contribution in [1.29, 1.82) is 0 Å². The summed E-state index contributed by atoms with van der Waals surface area (Å²) in [6.07, 6.45) is 7.61. The number of ether oxygens (including phenoxy) is 2. The molecule has 0 aliphatic carbocycles. The summed E-state index contributed by atoms with van der Waals surface area (Å²) in [7, 11) is 1.52. The molecule has 0 heterocycles. The first-order chi connectivity index (χ1) is 8.17. The maximum Gasteiger partial charge on any atom is 0.328 e. The van der Waals surface area contributed by atoms with Gasteiger partial charge in [-0.1, -0.05) is 12.0 Å². The number of terminal acetylenes is 1. The highest BCUT2D eigenvalue weighted by Gasteiger charge is 2.04. The van der Waals surface area contributed by atoms with Gasteiger partial charge in [-0.25, -0.2) is 4.79 Å². The first kappa shape index (κ1) is 12.7. The van der Waals surface area contributed by atoms with E-state index < -0.39 is 5.97 Å². The molecule has 4 heteroatoms. The fourth-order valence-corrected chi connectivity index (χ4v) is 1.20. The van der Waals surface area contributed by atoms with Crippen molar-refractivity contribution in [3.05, 3.63) is 29.8 Å². The highest BCUT2D eigenvalue weighted by molar-refractivity contribution is 5.85. The largest absolute Gasteiger partial charge is 0.493 e. The van der Waals surface area contributed by atoms with Crippen LogP contribution in [0.3, 0.4) is 0 Å². The van der Waals surface area contributed by atoms with E-state index in [0.29, 0.717) is 17.1 Å². The third kappa shape index (κ3) is 3.92. The van der Waals surface area contributed by atoms with Gasteiger partial charge in [-0.2, -0.15) is 0 Å². The van der Waals surface area contributed by atoms with E-state index in [1.807, 2.05) is 0 Å². The van der Waals surface area contributed by atoms with E-state index in [1.54, 1.807) is 18.2 Å². The second-order valence-corrected chi connectivity index (χ2v) is 3.07. The van der Waals surface area contributed by atoms with Crippen molar-refractivity contribution in [3.63, 3.8) is 0 Å². The number of hydrogen-bond acceptors (Lipinski definition) is 3. The molecule has 0 aliphatic heterocycles. The Balaban J connectivity index is 2.96. The molecule has 1 N–H and O–H groups in total. The standard InChI is InChI=1S/C13H12O4/c1-3-8-17-12-9-10(5-7-13(14)15)4-6-11(12)16-2/h1,4-7,9H,8H2,2H3,(H,14,15). The number of carboxylic acids is 1. The van der Waals surface area contributed by atoms with E-state index in [-0.39, 0.29) is 6.61 Å². The van der Waals surface area contributed by atoms with E-state index in [0.717, 1.165) is 6.08 Å². The van der Waals surface area contributed by atoms with Gasteiger partial charge < -0.3 is 14.6 Å². The van der Waals surface area contributed by atoms with E-state index >= 15 is 0 Å². The first-order valence-electron chi connectivity index (χ1n) is 4.82. The van der Waals surface area contributed by atoms with Gasteiger partial charge in [-0.3, -0.25) is 0 Å². The number of carbonyl (C=O) groups is 1. The van der Waals surface area contributed by atoms with Crippen LogP contribution in [0.4, 0.5) is 0 Å². The Labute approximate surface area is 99.5 Å². The molecule has 0 spiro atoms. The molecule has 17 heavy (non-hydrogen) atoms. The van der Waals surface area contributed by atoms with E-state index in [4.69, 9.17) is 21.0 Å². The average Bonchev–Trinajstić information content (AvgIpc) is 2.33. The van der Waals surface area contributed by atoms with Gasteiger partial charge in [-0.05, 0) is 23.8 Å². The molecule has 0 radical (unpaired) electrons. The fourth-order valence-electron chi connectivity index (χ4n) is 1.20. The van der Waals surface area contributed by atoms with Crippen LogP contribution in [0.5, 0.6) is 11.5 Å². The van der Waals surface area contributed by atoms with E-state index in [1.165, 1.54) is 13.2 Å². The summed E-state index contributed by atoms with van der Waals surface area (Å²) in [6, 6.07) is 5.07. The number of methoxy groups -OCH3 is 1. The molecule has 4 nitrogen and oxygen atoms in total. The molecule has 0 fully saturated rings. The minimum atomic E-state index is -1.01. The zero-order chi connectivity index (χ0) is 12.7. The van der Waals surface area contributed by atoms with E-state index in [9.17, 15) is 4.79 Å². The van der Waals surface area contributed by atoms with Crippen LogP contribution in [0.1, 0.15) is 5.56 Å². The maximum absolute atomic E-state index is 10.4. The third-order valence-corrected chi connectivity index (χ3v) is 1.92. The molecule has 1 aromatic carbocycles. The van der Waals surface area contributed by atoms with Crippen LogP contribution in [0.25, 0.3) is 6.08 Å². The quantitative estimate of drug-likeness (QED) is 0.621. The summed E-state index contributed by atoms with van der Waals surface area (Å²) in [5, 5.41) is 8.52. The van der Waals surface area contributed by atoms with E-state index in [2.05, 4.69) is 5.92 Å². The van der Waals surface area contributed by atoms with Crippen LogP contribution in [-0.2, 0) is 4.79 Å². The predicted octanol–water partition coefficient (Wildman–Crippen LogP) is 1.80. The summed E-state index contributed by atoms with van der Waals surface area (Å²) in [6.45, 7) is 0.127. The predicted molar refractivity (Wildman–Crippen MR) is 64.0 cm³/mol. The van der Waals surface area contributed by atoms with Crippen molar-refractivity contribution in [3.8, 4) is 23.8 Å². The fraction of sp³-hybridized carbons (Fsp3) is 0.154. The van der Waals surface area contributed by atoms with Gasteiger partial charge >= 0.3 is 5.97 Å². The third-order valence-electron chi connectivity index (χ3n) is 1.92. The monoisotopic (exact) mass is 232 g/mol. The van der Waals surface area contributed by atoms with Crippen LogP contribution in [-0.4, -0.2) is 24.8 Å². The van der Waals surface area contributed by atoms with Gasteiger partial charge in [-0.15, -0.1) is 6.42 Å². The molecule has 0 amide bonds. The van der Waals surface area contributed by atoms with Crippen molar-refractivity contribution >= 4 is 12.0 Å². The molecule has 1 aromatic rings. The SMILES string of the molecule is C#CCOc1cc(C=CC(=O)O)ccc1OC. The van der Waals surface area contributed by atoms with Crippen molar-refractivity contribution in [2.75, 3.05) is 13.7 Å². The normalized spacial score (nSPS) is 9.88. The molecule has 0 bridgehead atoms.